The van der Waals surface area contributed by atoms with Crippen LogP contribution in [-0.4, -0.2) is 23.3 Å². The van der Waals surface area contributed by atoms with Crippen molar-refractivity contribution in [2.75, 3.05) is 6.54 Å². The Kier molecular flexibility index (Phi) is 4.89. The van der Waals surface area contributed by atoms with E-state index in [1.807, 2.05) is 30.3 Å². The topological polar surface area (TPSA) is 49.4 Å². The zero-order valence-corrected chi connectivity index (χ0v) is 13.2. The van der Waals surface area contributed by atoms with Crippen LogP contribution < -0.4 is 5.32 Å². The van der Waals surface area contributed by atoms with Crippen LogP contribution in [0.25, 0.3) is 0 Å². The molecule has 2 aromatic rings. The standard InChI is InChI=1S/C19H19FN2O2/c20-17-9-5-4-8-15(17)11-21-19(24)16-10-18(23)22(13-16)12-14-6-2-1-3-7-14/h1-9,16H,10-13H2,(H,21,24)/t16-/m0/s1. The summed E-state index contributed by atoms with van der Waals surface area (Å²) in [6.45, 7) is 1.04. The van der Waals surface area contributed by atoms with Gasteiger partial charge in [0.2, 0.25) is 11.8 Å². The highest BCUT2D eigenvalue weighted by atomic mass is 19.1. The van der Waals surface area contributed by atoms with Gasteiger partial charge in [0.25, 0.3) is 0 Å². The fraction of sp³-hybridized carbons (Fsp3) is 0.263. The molecule has 1 N–H and O–H groups in total. The van der Waals surface area contributed by atoms with Crippen LogP contribution in [0.2, 0.25) is 0 Å². The van der Waals surface area contributed by atoms with Crippen LogP contribution >= 0.6 is 0 Å². The molecule has 3 rings (SSSR count). The van der Waals surface area contributed by atoms with Crippen molar-refractivity contribution in [2.45, 2.75) is 19.5 Å². The van der Waals surface area contributed by atoms with Gasteiger partial charge in [0.15, 0.2) is 0 Å². The molecule has 5 heteroatoms. The van der Waals surface area contributed by atoms with E-state index < -0.39 is 0 Å². The second-order valence-electron chi connectivity index (χ2n) is 5.97. The van der Waals surface area contributed by atoms with Crippen LogP contribution in [0.15, 0.2) is 54.6 Å². The first-order chi connectivity index (χ1) is 11.6. The first-order valence-electron chi connectivity index (χ1n) is 7.96. The second kappa shape index (κ2) is 7.25. The molecule has 1 aliphatic rings. The number of hydrogen-bond acceptors (Lipinski definition) is 2. The summed E-state index contributed by atoms with van der Waals surface area (Å²) >= 11 is 0. The fourth-order valence-corrected chi connectivity index (χ4v) is 2.87. The number of halogens is 1. The van der Waals surface area contributed by atoms with E-state index in [-0.39, 0.29) is 36.5 Å². The minimum Gasteiger partial charge on any atom is -0.352 e. The summed E-state index contributed by atoms with van der Waals surface area (Å²) in [6, 6.07) is 16.0. The van der Waals surface area contributed by atoms with E-state index in [9.17, 15) is 14.0 Å². The molecule has 0 saturated carbocycles. The lowest BCUT2D eigenvalue weighted by molar-refractivity contribution is -0.129. The SMILES string of the molecule is O=C(NCc1ccccc1F)[C@H]1CC(=O)N(Cc2ccccc2)C1. The summed E-state index contributed by atoms with van der Waals surface area (Å²) in [4.78, 5) is 26.1. The van der Waals surface area contributed by atoms with Gasteiger partial charge in [-0.1, -0.05) is 48.5 Å². The normalized spacial score (nSPS) is 17.1. The summed E-state index contributed by atoms with van der Waals surface area (Å²) in [7, 11) is 0. The maximum Gasteiger partial charge on any atom is 0.225 e. The van der Waals surface area contributed by atoms with Gasteiger partial charge < -0.3 is 10.2 Å². The van der Waals surface area contributed by atoms with Gasteiger partial charge in [0.05, 0.1) is 5.92 Å². The van der Waals surface area contributed by atoms with Crippen molar-refractivity contribution in [3.05, 3.63) is 71.5 Å². The van der Waals surface area contributed by atoms with E-state index >= 15 is 0 Å². The molecular weight excluding hydrogens is 307 g/mol. The van der Waals surface area contributed by atoms with Gasteiger partial charge in [-0.15, -0.1) is 0 Å². The average molecular weight is 326 g/mol. The van der Waals surface area contributed by atoms with E-state index in [1.165, 1.54) is 6.07 Å². The number of likely N-dealkylation sites (tertiary alicyclic amines) is 1. The number of nitrogens with one attached hydrogen (secondary N) is 1. The monoisotopic (exact) mass is 326 g/mol. The average Bonchev–Trinajstić information content (AvgIpc) is 2.96. The molecule has 124 valence electrons. The predicted octanol–water partition coefficient (Wildman–Crippen LogP) is 2.49. The molecule has 0 unspecified atom stereocenters. The first-order valence-corrected chi connectivity index (χ1v) is 7.96. The maximum atomic E-state index is 13.6. The molecule has 0 spiro atoms. The summed E-state index contributed by atoms with van der Waals surface area (Å²) in [5.74, 6) is -0.953. The fourth-order valence-electron chi connectivity index (χ4n) is 2.87. The van der Waals surface area contributed by atoms with Crippen LogP contribution in [0, 0.1) is 11.7 Å². The summed E-state index contributed by atoms with van der Waals surface area (Å²) in [5.41, 5.74) is 1.48. The Balaban J connectivity index is 1.55. The molecule has 0 radical (unpaired) electrons. The molecule has 0 aromatic heterocycles. The van der Waals surface area contributed by atoms with E-state index in [4.69, 9.17) is 0 Å². The quantitative estimate of drug-likeness (QED) is 0.918. The largest absolute Gasteiger partial charge is 0.352 e. The predicted molar refractivity (Wildman–Crippen MR) is 88.2 cm³/mol. The third-order valence-electron chi connectivity index (χ3n) is 4.21. The number of nitrogens with zero attached hydrogens (tertiary/aromatic N) is 1. The Morgan fingerprint density at radius 3 is 2.58 bits per heavy atom. The van der Waals surface area contributed by atoms with E-state index in [2.05, 4.69) is 5.32 Å². The molecule has 2 aromatic carbocycles. The number of rotatable bonds is 5. The molecular formula is C19H19FN2O2. The van der Waals surface area contributed by atoms with Crippen molar-refractivity contribution in [3.8, 4) is 0 Å². The highest BCUT2D eigenvalue weighted by Crippen LogP contribution is 2.20. The van der Waals surface area contributed by atoms with Gasteiger partial charge in [-0.3, -0.25) is 9.59 Å². The summed E-state index contributed by atoms with van der Waals surface area (Å²) < 4.78 is 13.6. The van der Waals surface area contributed by atoms with E-state index in [0.717, 1.165) is 5.56 Å². The van der Waals surface area contributed by atoms with Crippen molar-refractivity contribution in [3.63, 3.8) is 0 Å². The number of carbonyl (C=O) groups excluding carboxylic acids is 2. The van der Waals surface area contributed by atoms with Crippen molar-refractivity contribution >= 4 is 11.8 Å². The number of hydrogen-bond donors (Lipinski definition) is 1. The molecule has 2 amide bonds. The van der Waals surface area contributed by atoms with Gasteiger partial charge in [0.1, 0.15) is 5.82 Å². The minimum atomic E-state index is -0.381. The minimum absolute atomic E-state index is 0.0232. The molecule has 0 bridgehead atoms. The number of amides is 2. The molecule has 24 heavy (non-hydrogen) atoms. The van der Waals surface area contributed by atoms with E-state index in [0.29, 0.717) is 18.7 Å². The van der Waals surface area contributed by atoms with Crippen molar-refractivity contribution < 1.29 is 14.0 Å². The van der Waals surface area contributed by atoms with Crippen LogP contribution in [-0.2, 0) is 22.7 Å². The zero-order chi connectivity index (χ0) is 16.9. The molecule has 4 nitrogen and oxygen atoms in total. The first kappa shape index (κ1) is 16.2. The Hall–Kier alpha value is -2.69. The highest BCUT2D eigenvalue weighted by Gasteiger charge is 2.34. The van der Waals surface area contributed by atoms with Crippen LogP contribution in [0.4, 0.5) is 4.39 Å². The Bertz CT molecular complexity index is 733. The van der Waals surface area contributed by atoms with Gasteiger partial charge in [0, 0.05) is 31.6 Å². The Labute approximate surface area is 140 Å². The van der Waals surface area contributed by atoms with Gasteiger partial charge in [-0.2, -0.15) is 0 Å². The Morgan fingerprint density at radius 1 is 1.12 bits per heavy atom. The molecule has 1 fully saturated rings. The van der Waals surface area contributed by atoms with Crippen LogP contribution in [0.1, 0.15) is 17.5 Å². The summed E-state index contributed by atoms with van der Waals surface area (Å²) in [6.07, 6.45) is 0.204. The third-order valence-corrected chi connectivity index (χ3v) is 4.21. The van der Waals surface area contributed by atoms with Gasteiger partial charge in [-0.05, 0) is 11.6 Å². The summed E-state index contributed by atoms with van der Waals surface area (Å²) in [5, 5.41) is 2.73. The number of benzene rings is 2. The maximum absolute atomic E-state index is 13.6. The zero-order valence-electron chi connectivity index (χ0n) is 13.2. The van der Waals surface area contributed by atoms with E-state index in [1.54, 1.807) is 23.1 Å². The van der Waals surface area contributed by atoms with Crippen molar-refractivity contribution in [1.29, 1.82) is 0 Å². The molecule has 1 aliphatic heterocycles. The Morgan fingerprint density at radius 2 is 1.83 bits per heavy atom. The lowest BCUT2D eigenvalue weighted by atomic mass is 10.1. The third kappa shape index (κ3) is 3.79. The van der Waals surface area contributed by atoms with Crippen LogP contribution in [0.5, 0.6) is 0 Å². The molecule has 1 atom stereocenters. The smallest absolute Gasteiger partial charge is 0.225 e. The number of carbonyl (C=O) groups is 2. The van der Waals surface area contributed by atoms with Crippen LogP contribution in [0.3, 0.4) is 0 Å². The van der Waals surface area contributed by atoms with Crippen molar-refractivity contribution in [1.82, 2.24) is 10.2 Å². The lowest BCUT2D eigenvalue weighted by Crippen LogP contribution is -2.32. The highest BCUT2D eigenvalue weighted by molar-refractivity contribution is 5.89. The molecule has 1 heterocycles. The van der Waals surface area contributed by atoms with Crippen molar-refractivity contribution in [2.24, 2.45) is 5.92 Å². The molecule has 0 aliphatic carbocycles. The van der Waals surface area contributed by atoms with Gasteiger partial charge in [-0.25, -0.2) is 4.39 Å². The lowest BCUT2D eigenvalue weighted by Gasteiger charge is -2.16. The second-order valence-corrected chi connectivity index (χ2v) is 5.97. The molecule has 1 saturated heterocycles. The van der Waals surface area contributed by atoms with Gasteiger partial charge >= 0.3 is 0 Å².